The highest BCUT2D eigenvalue weighted by atomic mass is 16.1. The lowest BCUT2D eigenvalue weighted by Gasteiger charge is -2.11. The number of nitrogens with one attached hydrogen (secondary N) is 2. The third kappa shape index (κ3) is 3.99. The topological polar surface area (TPSA) is 92.7 Å². The Balaban J connectivity index is 1.56. The van der Waals surface area contributed by atoms with E-state index >= 15 is 0 Å². The lowest BCUT2D eigenvalue weighted by Crippen LogP contribution is -2.15. The van der Waals surface area contributed by atoms with Gasteiger partial charge in [0.25, 0.3) is 5.91 Å². The van der Waals surface area contributed by atoms with Crippen molar-refractivity contribution in [2.75, 3.05) is 10.6 Å². The van der Waals surface area contributed by atoms with Gasteiger partial charge < -0.3 is 10.6 Å². The first kappa shape index (κ1) is 17.3. The number of amides is 1. The van der Waals surface area contributed by atoms with Crippen LogP contribution in [-0.4, -0.2) is 25.8 Å². The molecule has 2 N–H and O–H groups in total. The first-order valence-corrected chi connectivity index (χ1v) is 8.60. The third-order valence-corrected chi connectivity index (χ3v) is 3.96. The van der Waals surface area contributed by atoms with Crippen LogP contribution in [0.1, 0.15) is 10.5 Å². The number of nitrogens with zero attached hydrogens (tertiary/aromatic N) is 4. The Labute approximate surface area is 161 Å². The van der Waals surface area contributed by atoms with Gasteiger partial charge in [-0.05, 0) is 29.8 Å². The quantitative estimate of drug-likeness (QED) is 0.554. The average molecular weight is 368 g/mol. The van der Waals surface area contributed by atoms with Crippen LogP contribution in [0, 0.1) is 0 Å². The van der Waals surface area contributed by atoms with E-state index in [4.69, 9.17) is 0 Å². The van der Waals surface area contributed by atoms with E-state index in [0.29, 0.717) is 11.6 Å². The zero-order chi connectivity index (χ0) is 19.2. The number of hydrogen-bond donors (Lipinski definition) is 2. The van der Waals surface area contributed by atoms with E-state index in [1.165, 1.54) is 6.20 Å². The second-order valence-electron chi connectivity index (χ2n) is 5.87. The van der Waals surface area contributed by atoms with Crippen molar-refractivity contribution in [3.63, 3.8) is 0 Å². The second-order valence-corrected chi connectivity index (χ2v) is 5.87. The molecule has 0 saturated carbocycles. The number of anilines is 3. The Hall–Kier alpha value is -4.13. The smallest absolute Gasteiger partial charge is 0.274 e. The number of carbonyl (C=O) groups excluding carboxylic acids is 1. The number of pyridine rings is 2. The maximum Gasteiger partial charge on any atom is 0.274 e. The number of rotatable bonds is 5. The number of benzene rings is 1. The van der Waals surface area contributed by atoms with Crippen LogP contribution in [-0.2, 0) is 0 Å². The van der Waals surface area contributed by atoms with Crippen LogP contribution in [0.5, 0.6) is 0 Å². The highest BCUT2D eigenvalue weighted by Gasteiger charge is 2.13. The monoisotopic (exact) mass is 368 g/mol. The summed E-state index contributed by atoms with van der Waals surface area (Å²) >= 11 is 0. The predicted molar refractivity (Wildman–Crippen MR) is 107 cm³/mol. The molecule has 0 aliphatic heterocycles. The summed E-state index contributed by atoms with van der Waals surface area (Å²) in [6.07, 6.45) is 8.17. The molecule has 3 aromatic heterocycles. The van der Waals surface area contributed by atoms with Gasteiger partial charge in [-0.15, -0.1) is 0 Å². The molecular formula is C21H16N6O. The highest BCUT2D eigenvalue weighted by Crippen LogP contribution is 2.27. The Bertz CT molecular complexity index is 1090. The molecule has 4 rings (SSSR count). The van der Waals surface area contributed by atoms with E-state index in [0.717, 1.165) is 16.8 Å². The molecule has 4 aromatic rings. The summed E-state index contributed by atoms with van der Waals surface area (Å²) in [5, 5.41) is 5.91. The largest absolute Gasteiger partial charge is 0.323 e. The zero-order valence-corrected chi connectivity index (χ0v) is 14.8. The molecule has 0 spiro atoms. The Kier molecular flexibility index (Phi) is 4.97. The maximum absolute atomic E-state index is 12.7. The normalized spacial score (nSPS) is 10.3. The second kappa shape index (κ2) is 8.05. The van der Waals surface area contributed by atoms with E-state index in [9.17, 15) is 4.79 Å². The zero-order valence-electron chi connectivity index (χ0n) is 14.8. The lowest BCUT2D eigenvalue weighted by atomic mass is 10.1. The fraction of sp³-hybridized carbons (Fsp3) is 0. The minimum Gasteiger partial charge on any atom is -0.323 e. The molecule has 1 amide bonds. The van der Waals surface area contributed by atoms with Gasteiger partial charge in [0.15, 0.2) is 0 Å². The molecule has 0 radical (unpaired) electrons. The van der Waals surface area contributed by atoms with E-state index in [-0.39, 0.29) is 11.6 Å². The van der Waals surface area contributed by atoms with Crippen molar-refractivity contribution in [2.24, 2.45) is 0 Å². The molecule has 0 atom stereocenters. The molecule has 7 heteroatoms. The molecule has 0 saturated heterocycles. The van der Waals surface area contributed by atoms with Gasteiger partial charge in [-0.2, -0.15) is 0 Å². The van der Waals surface area contributed by atoms with Crippen molar-refractivity contribution in [1.29, 1.82) is 0 Å². The van der Waals surface area contributed by atoms with Crippen molar-refractivity contribution in [1.82, 2.24) is 19.9 Å². The molecule has 7 nitrogen and oxygen atoms in total. The van der Waals surface area contributed by atoms with Crippen LogP contribution in [0.25, 0.3) is 11.1 Å². The fourth-order valence-corrected chi connectivity index (χ4v) is 2.66. The van der Waals surface area contributed by atoms with Crippen molar-refractivity contribution in [3.05, 3.63) is 91.3 Å². The molecule has 0 fully saturated rings. The van der Waals surface area contributed by atoms with Gasteiger partial charge in [0.05, 0.1) is 23.8 Å². The summed E-state index contributed by atoms with van der Waals surface area (Å²) in [5.41, 5.74) is 3.45. The molecule has 1 aromatic carbocycles. The lowest BCUT2D eigenvalue weighted by molar-refractivity contribution is 0.102. The summed E-state index contributed by atoms with van der Waals surface area (Å²) in [5.74, 6) is -0.0306. The molecule has 0 unspecified atom stereocenters. The van der Waals surface area contributed by atoms with Crippen molar-refractivity contribution in [2.45, 2.75) is 0 Å². The van der Waals surface area contributed by atoms with Crippen LogP contribution in [0.15, 0.2) is 85.6 Å². The number of hydrogen-bond acceptors (Lipinski definition) is 6. The average Bonchev–Trinajstić information content (AvgIpc) is 2.76. The standard InChI is InChI=1S/C21H16N6O/c28-20(18-9-12-24-21(27-18)25-16-7-4-10-22-13-16)26-19-14-23-11-8-17(19)15-5-2-1-3-6-15/h1-14H,(H,26,28)(H,24,25,27). The first-order valence-electron chi connectivity index (χ1n) is 8.60. The molecule has 28 heavy (non-hydrogen) atoms. The third-order valence-electron chi connectivity index (χ3n) is 3.96. The van der Waals surface area contributed by atoms with Gasteiger partial charge in [-0.1, -0.05) is 30.3 Å². The number of aromatic nitrogens is 4. The summed E-state index contributed by atoms with van der Waals surface area (Å²) in [6, 6.07) is 16.8. The maximum atomic E-state index is 12.7. The Morgan fingerprint density at radius 3 is 2.50 bits per heavy atom. The minimum atomic E-state index is -0.346. The molecule has 0 aliphatic rings. The van der Waals surface area contributed by atoms with Crippen LogP contribution in [0.2, 0.25) is 0 Å². The summed E-state index contributed by atoms with van der Waals surface area (Å²) in [4.78, 5) is 29.3. The van der Waals surface area contributed by atoms with Crippen molar-refractivity contribution in [3.8, 4) is 11.1 Å². The van der Waals surface area contributed by atoms with Gasteiger partial charge in [-0.3, -0.25) is 14.8 Å². The van der Waals surface area contributed by atoms with Gasteiger partial charge in [0.2, 0.25) is 5.95 Å². The van der Waals surface area contributed by atoms with E-state index in [1.807, 2.05) is 42.5 Å². The molecular weight excluding hydrogens is 352 g/mol. The van der Waals surface area contributed by atoms with Crippen LogP contribution in [0.4, 0.5) is 17.3 Å². The summed E-state index contributed by atoms with van der Waals surface area (Å²) in [6.45, 7) is 0. The summed E-state index contributed by atoms with van der Waals surface area (Å²) in [7, 11) is 0. The summed E-state index contributed by atoms with van der Waals surface area (Å²) < 4.78 is 0. The molecule has 0 aliphatic carbocycles. The van der Waals surface area contributed by atoms with Crippen LogP contribution < -0.4 is 10.6 Å². The van der Waals surface area contributed by atoms with E-state index in [2.05, 4.69) is 30.6 Å². The number of carbonyl (C=O) groups is 1. The predicted octanol–water partition coefficient (Wildman–Crippen LogP) is 3.93. The van der Waals surface area contributed by atoms with E-state index in [1.54, 1.807) is 36.9 Å². The Morgan fingerprint density at radius 2 is 1.68 bits per heavy atom. The van der Waals surface area contributed by atoms with E-state index < -0.39 is 0 Å². The van der Waals surface area contributed by atoms with Gasteiger partial charge in [0.1, 0.15) is 5.69 Å². The fourth-order valence-electron chi connectivity index (χ4n) is 2.66. The molecule has 136 valence electrons. The van der Waals surface area contributed by atoms with Crippen molar-refractivity contribution < 1.29 is 4.79 Å². The van der Waals surface area contributed by atoms with Crippen LogP contribution >= 0.6 is 0 Å². The highest BCUT2D eigenvalue weighted by molar-refractivity contribution is 6.05. The Morgan fingerprint density at radius 1 is 0.821 bits per heavy atom. The SMILES string of the molecule is O=C(Nc1cnccc1-c1ccccc1)c1ccnc(Nc2cccnc2)n1. The van der Waals surface area contributed by atoms with Gasteiger partial charge >= 0.3 is 0 Å². The molecule has 3 heterocycles. The van der Waals surface area contributed by atoms with Gasteiger partial charge in [0, 0.05) is 24.2 Å². The molecule has 0 bridgehead atoms. The first-order chi connectivity index (χ1) is 13.8. The van der Waals surface area contributed by atoms with Gasteiger partial charge in [-0.25, -0.2) is 9.97 Å². The van der Waals surface area contributed by atoms with Crippen molar-refractivity contribution >= 4 is 23.2 Å². The minimum absolute atomic E-state index is 0.240. The van der Waals surface area contributed by atoms with Crippen LogP contribution in [0.3, 0.4) is 0 Å².